The molecule has 10 heteroatoms. The molecular weight excluding hydrogens is 537 g/mol. The highest BCUT2D eigenvalue weighted by Gasteiger charge is 2.26. The van der Waals surface area contributed by atoms with E-state index in [1.165, 1.54) is 17.5 Å². The van der Waals surface area contributed by atoms with Crippen molar-refractivity contribution in [2.75, 3.05) is 50.6 Å². The maximum Gasteiger partial charge on any atom is 0.227 e. The van der Waals surface area contributed by atoms with Gasteiger partial charge in [-0.25, -0.2) is 4.31 Å². The van der Waals surface area contributed by atoms with Crippen LogP contribution in [0.4, 0.5) is 11.4 Å². The van der Waals surface area contributed by atoms with Crippen LogP contribution in [0.3, 0.4) is 0 Å². The van der Waals surface area contributed by atoms with Gasteiger partial charge in [-0.15, -0.1) is 12.6 Å². The molecule has 0 aliphatic carbocycles. The molecule has 1 saturated heterocycles. The van der Waals surface area contributed by atoms with Gasteiger partial charge in [0, 0.05) is 84.5 Å². The summed E-state index contributed by atoms with van der Waals surface area (Å²) in [5.74, 6) is -0.118. The third kappa shape index (κ3) is 7.43. The number of anilines is 2. The van der Waals surface area contributed by atoms with Gasteiger partial charge in [0.05, 0.1) is 4.36 Å². The minimum absolute atomic E-state index is 0.0118. The Morgan fingerprint density at radius 3 is 2.69 bits per heavy atom. The number of nitrogens with one attached hydrogen (secondary N) is 1. The molecule has 1 aliphatic heterocycles. The van der Waals surface area contributed by atoms with Crippen molar-refractivity contribution >= 4 is 82.1 Å². The average Bonchev–Trinajstić information content (AvgIpc) is 2.88. The summed E-state index contributed by atoms with van der Waals surface area (Å²) in [7, 11) is 3.69. The molecule has 2 aromatic carbocycles. The zero-order chi connectivity index (χ0) is 26.1. The lowest BCUT2D eigenvalue weighted by Gasteiger charge is -2.30. The zero-order valence-corrected chi connectivity index (χ0v) is 23.6. The van der Waals surface area contributed by atoms with Crippen molar-refractivity contribution in [1.29, 1.82) is 0 Å². The van der Waals surface area contributed by atoms with Gasteiger partial charge in [-0.3, -0.25) is 9.59 Å². The van der Waals surface area contributed by atoms with E-state index in [1.807, 2.05) is 31.3 Å². The van der Waals surface area contributed by atoms with Gasteiger partial charge in [-0.2, -0.15) is 0 Å². The third-order valence-corrected chi connectivity index (χ3v) is 8.15. The van der Waals surface area contributed by atoms with E-state index >= 15 is 0 Å². The fraction of sp³-hybridized carbons (Fsp3) is 0.385. The van der Waals surface area contributed by atoms with Gasteiger partial charge in [0.2, 0.25) is 5.91 Å². The van der Waals surface area contributed by atoms with Crippen LogP contribution in [0.1, 0.15) is 29.6 Å². The Hall–Kier alpha value is -1.68. The molecule has 3 rings (SSSR count). The average molecular weight is 569 g/mol. The summed E-state index contributed by atoms with van der Waals surface area (Å²) < 4.78 is 7.72. The fourth-order valence-corrected chi connectivity index (χ4v) is 5.72. The van der Waals surface area contributed by atoms with Gasteiger partial charge in [-0.05, 0) is 49.4 Å². The fourth-order valence-electron chi connectivity index (χ4n) is 4.28. The third-order valence-electron chi connectivity index (χ3n) is 6.16. The Balaban J connectivity index is 1.74. The van der Waals surface area contributed by atoms with E-state index in [2.05, 4.69) is 27.2 Å². The molecule has 194 valence electrons. The number of nitrogens with zero attached hydrogens (tertiary/aromatic N) is 2. The number of hydrogen-bond donors (Lipinski definition) is 2. The summed E-state index contributed by atoms with van der Waals surface area (Å²) in [6.45, 7) is 2.93. The zero-order valence-electron chi connectivity index (χ0n) is 20.4. The molecule has 0 aromatic heterocycles. The Kier molecular flexibility index (Phi) is 11.5. The summed E-state index contributed by atoms with van der Waals surface area (Å²) in [6, 6.07) is 9.49. The van der Waals surface area contributed by atoms with E-state index in [4.69, 9.17) is 27.9 Å². The van der Waals surface area contributed by atoms with Crippen LogP contribution in [0, 0.1) is 5.92 Å². The number of ether oxygens (including phenoxy) is 1. The van der Waals surface area contributed by atoms with Crippen molar-refractivity contribution in [2.24, 2.45) is 5.92 Å². The first kappa shape index (κ1) is 28.9. The highest BCUT2D eigenvalue weighted by atomic mass is 35.5. The quantitative estimate of drug-likeness (QED) is 0.106. The Bertz CT molecular complexity index is 1130. The van der Waals surface area contributed by atoms with Crippen LogP contribution in [0.5, 0.6) is 0 Å². The highest BCUT2D eigenvalue weighted by Crippen LogP contribution is 2.36. The Morgan fingerprint density at radius 2 is 2.06 bits per heavy atom. The van der Waals surface area contributed by atoms with Gasteiger partial charge < -0.3 is 15.0 Å². The van der Waals surface area contributed by atoms with Crippen molar-refractivity contribution in [3.05, 3.63) is 56.8 Å². The second kappa shape index (κ2) is 14.3. The summed E-state index contributed by atoms with van der Waals surface area (Å²) >= 11 is 17.4. The molecule has 2 aromatic rings. The number of halogens is 2. The number of amides is 1. The molecule has 1 amide bonds. The Morgan fingerprint density at radius 1 is 1.31 bits per heavy atom. The molecule has 1 N–H and O–H groups in total. The maximum atomic E-state index is 13.2. The van der Waals surface area contributed by atoms with Crippen molar-refractivity contribution < 1.29 is 14.3 Å². The summed E-state index contributed by atoms with van der Waals surface area (Å²) in [5, 5.41) is 4.82. The van der Waals surface area contributed by atoms with Gasteiger partial charge in [0.1, 0.15) is 0 Å². The molecule has 1 fully saturated rings. The molecule has 0 spiro atoms. The van der Waals surface area contributed by atoms with Crippen LogP contribution in [0.25, 0.3) is 10.8 Å². The topological polar surface area (TPSA) is 61.9 Å². The second-order valence-electron chi connectivity index (χ2n) is 8.52. The lowest BCUT2D eigenvalue weighted by Crippen LogP contribution is -2.35. The number of aldehydes is 1. The standard InChI is InChI=1S/C26H31Cl2N3O3S2/c1-30(13-4-16-34-2)22-8-7-21(20-6-3-5-19(17-32)24(20)22)29-26(33)18-10-14-31(15-11-18)36-23(9-12-27)25(28)35/h3,5-9,12,17-18,35H,4,10-11,13-16H2,1-2H3,(H,29,33)/b12-9+,25-23+. The molecule has 0 unspecified atom stereocenters. The lowest BCUT2D eigenvalue weighted by atomic mass is 9.96. The van der Waals surface area contributed by atoms with Gasteiger partial charge in [0.25, 0.3) is 0 Å². The molecule has 0 radical (unpaired) electrons. The molecule has 1 aliphatic rings. The minimum Gasteiger partial charge on any atom is -0.385 e. The monoisotopic (exact) mass is 567 g/mol. The molecule has 0 atom stereocenters. The molecule has 0 bridgehead atoms. The van der Waals surface area contributed by atoms with Crippen LogP contribution in [-0.2, 0) is 9.53 Å². The van der Waals surface area contributed by atoms with Crippen LogP contribution in [-0.4, -0.2) is 56.9 Å². The van der Waals surface area contributed by atoms with Crippen LogP contribution in [0.15, 0.2) is 51.2 Å². The first-order valence-corrected chi connectivity index (χ1v) is 13.7. The first-order valence-electron chi connectivity index (χ1n) is 11.7. The van der Waals surface area contributed by atoms with E-state index in [1.54, 1.807) is 19.3 Å². The minimum atomic E-state index is -0.106. The number of piperidine rings is 1. The van der Waals surface area contributed by atoms with E-state index in [-0.39, 0.29) is 11.8 Å². The number of hydrogen-bond acceptors (Lipinski definition) is 7. The summed E-state index contributed by atoms with van der Waals surface area (Å²) in [5.41, 5.74) is 3.67. The summed E-state index contributed by atoms with van der Waals surface area (Å²) in [6.07, 6.45) is 4.88. The SMILES string of the molecule is COCCCN(C)c1ccc(NC(=O)C2CCN(SC(/C=C/Cl)=C(/S)Cl)CC2)c2cccc(C=O)c12. The van der Waals surface area contributed by atoms with Gasteiger partial charge in [-0.1, -0.05) is 41.4 Å². The van der Waals surface area contributed by atoms with Crippen LogP contribution >= 0.6 is 47.8 Å². The van der Waals surface area contributed by atoms with E-state index in [0.29, 0.717) is 22.2 Å². The van der Waals surface area contributed by atoms with E-state index in [9.17, 15) is 9.59 Å². The van der Waals surface area contributed by atoms with E-state index < -0.39 is 0 Å². The maximum absolute atomic E-state index is 13.2. The number of thiol groups is 1. The van der Waals surface area contributed by atoms with Gasteiger partial charge in [0.15, 0.2) is 6.29 Å². The number of benzene rings is 2. The Labute approximate surface area is 232 Å². The second-order valence-corrected chi connectivity index (χ2v) is 11.0. The van der Waals surface area contributed by atoms with Crippen LogP contribution < -0.4 is 10.2 Å². The number of carbonyl (C=O) groups excluding carboxylic acids is 2. The molecule has 6 nitrogen and oxygen atoms in total. The van der Waals surface area contributed by atoms with Gasteiger partial charge >= 0.3 is 0 Å². The highest BCUT2D eigenvalue weighted by molar-refractivity contribution is 8.02. The largest absolute Gasteiger partial charge is 0.385 e. The smallest absolute Gasteiger partial charge is 0.227 e. The van der Waals surface area contributed by atoms with E-state index in [0.717, 1.165) is 66.5 Å². The number of rotatable bonds is 11. The molecule has 0 saturated carbocycles. The van der Waals surface area contributed by atoms with Crippen molar-refractivity contribution in [2.45, 2.75) is 19.3 Å². The van der Waals surface area contributed by atoms with Crippen molar-refractivity contribution in [1.82, 2.24) is 4.31 Å². The number of carbonyl (C=O) groups is 2. The summed E-state index contributed by atoms with van der Waals surface area (Å²) in [4.78, 5) is 27.9. The molecular formula is C26H31Cl2N3O3S2. The number of allylic oxidation sites excluding steroid dienone is 1. The van der Waals surface area contributed by atoms with Crippen molar-refractivity contribution in [3.63, 3.8) is 0 Å². The normalized spacial score (nSPS) is 15.8. The first-order chi connectivity index (χ1) is 17.4. The predicted octanol–water partition coefficient (Wildman–Crippen LogP) is 6.51. The molecule has 36 heavy (non-hydrogen) atoms. The van der Waals surface area contributed by atoms with Crippen LogP contribution in [0.2, 0.25) is 0 Å². The van der Waals surface area contributed by atoms with Crippen molar-refractivity contribution in [3.8, 4) is 0 Å². The number of methoxy groups -OCH3 is 1. The predicted molar refractivity (Wildman–Crippen MR) is 156 cm³/mol. The number of fused-ring (bicyclic) bond motifs is 1. The lowest BCUT2D eigenvalue weighted by molar-refractivity contribution is -0.120. The molecule has 1 heterocycles.